The second-order valence-corrected chi connectivity index (χ2v) is 6.28. The molecule has 0 amide bonds. The van der Waals surface area contributed by atoms with Crippen LogP contribution in [0.3, 0.4) is 0 Å². The third-order valence-electron chi connectivity index (χ3n) is 4.97. The number of hydrogen-bond acceptors (Lipinski definition) is 3. The molecular formula is C17H20O3. The second-order valence-electron chi connectivity index (χ2n) is 6.28. The molecule has 2 aliphatic carbocycles. The Labute approximate surface area is 119 Å². The number of Topliss-reactive ketones (excluding diaryl/α,β-unsaturated/α-hetero) is 1. The van der Waals surface area contributed by atoms with E-state index in [1.165, 1.54) is 12.0 Å². The van der Waals surface area contributed by atoms with Crippen LogP contribution in [-0.4, -0.2) is 23.8 Å². The van der Waals surface area contributed by atoms with Crippen LogP contribution in [0.2, 0.25) is 0 Å². The number of ketones is 1. The average molecular weight is 272 g/mol. The largest absolute Gasteiger partial charge is 0.343 e. The summed E-state index contributed by atoms with van der Waals surface area (Å²) >= 11 is 0. The Balaban J connectivity index is 1.61. The van der Waals surface area contributed by atoms with E-state index >= 15 is 0 Å². The minimum Gasteiger partial charge on any atom is -0.343 e. The number of benzene rings is 1. The molecular weight excluding hydrogens is 252 g/mol. The number of fused-ring (bicyclic) bond motifs is 1. The number of rotatable bonds is 1. The molecule has 1 saturated heterocycles. The first-order valence-electron chi connectivity index (χ1n) is 7.71. The summed E-state index contributed by atoms with van der Waals surface area (Å²) in [5.74, 6) is -0.0854. The molecule has 0 bridgehead atoms. The number of hydrogen-bond donors (Lipinski definition) is 0. The molecule has 1 aromatic carbocycles. The van der Waals surface area contributed by atoms with E-state index in [1.54, 1.807) is 0 Å². The minimum absolute atomic E-state index is 0.0806. The Morgan fingerprint density at radius 3 is 2.50 bits per heavy atom. The van der Waals surface area contributed by atoms with Gasteiger partial charge in [0.2, 0.25) is 0 Å². The van der Waals surface area contributed by atoms with Crippen LogP contribution in [0.25, 0.3) is 0 Å². The lowest BCUT2D eigenvalue weighted by Gasteiger charge is -2.33. The topological polar surface area (TPSA) is 35.5 Å². The van der Waals surface area contributed by atoms with Gasteiger partial charge in [-0.25, -0.2) is 0 Å². The highest BCUT2D eigenvalue weighted by Crippen LogP contribution is 2.49. The fourth-order valence-electron chi connectivity index (χ4n) is 3.96. The molecule has 3 heteroatoms. The predicted octanol–water partition coefficient (Wildman–Crippen LogP) is 3.19. The molecule has 1 heterocycles. The molecule has 0 unspecified atom stereocenters. The molecule has 0 N–H and O–H groups in total. The van der Waals surface area contributed by atoms with Crippen molar-refractivity contribution in [1.82, 2.24) is 0 Å². The van der Waals surface area contributed by atoms with Crippen molar-refractivity contribution in [2.75, 3.05) is 0 Å². The Kier molecular flexibility index (Phi) is 2.93. The predicted molar refractivity (Wildman–Crippen MR) is 74.4 cm³/mol. The van der Waals surface area contributed by atoms with Crippen LogP contribution >= 0.6 is 0 Å². The molecule has 1 aromatic rings. The van der Waals surface area contributed by atoms with Gasteiger partial charge in [0.25, 0.3) is 0 Å². The Morgan fingerprint density at radius 2 is 1.75 bits per heavy atom. The van der Waals surface area contributed by atoms with Crippen molar-refractivity contribution >= 4 is 5.78 Å². The fraction of sp³-hybridized carbons (Fsp3) is 0.588. The van der Waals surface area contributed by atoms with Crippen molar-refractivity contribution < 1.29 is 14.3 Å². The van der Waals surface area contributed by atoms with Gasteiger partial charge in [-0.2, -0.15) is 0 Å². The highest BCUT2D eigenvalue weighted by Gasteiger charge is 2.57. The molecule has 4 rings (SSSR count). The highest BCUT2D eigenvalue weighted by atomic mass is 16.8. The summed E-state index contributed by atoms with van der Waals surface area (Å²) in [5.41, 5.74) is 1.20. The first-order chi connectivity index (χ1) is 9.77. The SMILES string of the molecule is O=C1C[C@H](c2ccccc2)[C@H]2OC3(CCCCC3)O[C@@H]12. The lowest BCUT2D eigenvalue weighted by molar-refractivity contribution is -0.199. The van der Waals surface area contributed by atoms with Gasteiger partial charge in [-0.1, -0.05) is 36.8 Å². The van der Waals surface area contributed by atoms with Gasteiger partial charge in [0.05, 0.1) is 0 Å². The maximum absolute atomic E-state index is 12.3. The van der Waals surface area contributed by atoms with E-state index in [1.807, 2.05) is 18.2 Å². The number of ether oxygens (including phenoxy) is 2. The van der Waals surface area contributed by atoms with Crippen LogP contribution in [0, 0.1) is 0 Å². The zero-order valence-corrected chi connectivity index (χ0v) is 11.6. The van der Waals surface area contributed by atoms with E-state index in [2.05, 4.69) is 12.1 Å². The van der Waals surface area contributed by atoms with Crippen LogP contribution in [0.15, 0.2) is 30.3 Å². The van der Waals surface area contributed by atoms with E-state index in [4.69, 9.17) is 9.47 Å². The first-order valence-corrected chi connectivity index (χ1v) is 7.71. The molecule has 3 fully saturated rings. The Morgan fingerprint density at radius 1 is 1.00 bits per heavy atom. The fourth-order valence-corrected chi connectivity index (χ4v) is 3.96. The summed E-state index contributed by atoms with van der Waals surface area (Å²) in [7, 11) is 0. The normalized spacial score (nSPS) is 35.4. The third kappa shape index (κ3) is 1.92. The summed E-state index contributed by atoms with van der Waals surface area (Å²) in [6, 6.07) is 10.2. The van der Waals surface area contributed by atoms with Crippen molar-refractivity contribution in [2.45, 2.75) is 62.4 Å². The maximum atomic E-state index is 12.3. The second kappa shape index (κ2) is 4.68. The van der Waals surface area contributed by atoms with Gasteiger partial charge in [0.15, 0.2) is 11.6 Å². The van der Waals surface area contributed by atoms with E-state index in [9.17, 15) is 4.79 Å². The van der Waals surface area contributed by atoms with Gasteiger partial charge in [0.1, 0.15) is 12.2 Å². The average Bonchev–Trinajstić information content (AvgIpc) is 2.98. The minimum atomic E-state index is -0.462. The zero-order valence-electron chi connectivity index (χ0n) is 11.6. The molecule has 3 atom stereocenters. The van der Waals surface area contributed by atoms with Crippen LogP contribution in [0.1, 0.15) is 50.0 Å². The van der Waals surface area contributed by atoms with Gasteiger partial charge < -0.3 is 9.47 Å². The van der Waals surface area contributed by atoms with Crippen molar-refractivity contribution in [3.05, 3.63) is 35.9 Å². The summed E-state index contributed by atoms with van der Waals surface area (Å²) in [6.07, 6.45) is 5.55. The van der Waals surface area contributed by atoms with Crippen LogP contribution in [-0.2, 0) is 14.3 Å². The molecule has 106 valence electrons. The molecule has 1 spiro atoms. The summed E-state index contributed by atoms with van der Waals surface area (Å²) in [5, 5.41) is 0. The zero-order chi connectivity index (χ0) is 13.6. The van der Waals surface area contributed by atoms with E-state index < -0.39 is 5.79 Å². The molecule has 3 nitrogen and oxygen atoms in total. The smallest absolute Gasteiger partial charge is 0.169 e. The Bertz CT molecular complexity index is 504. The van der Waals surface area contributed by atoms with Crippen molar-refractivity contribution in [2.24, 2.45) is 0 Å². The number of carbonyl (C=O) groups is 1. The molecule has 1 aliphatic heterocycles. The lowest BCUT2D eigenvalue weighted by Crippen LogP contribution is -2.35. The van der Waals surface area contributed by atoms with Gasteiger partial charge >= 0.3 is 0 Å². The summed E-state index contributed by atoms with van der Waals surface area (Å²) in [6.45, 7) is 0. The first kappa shape index (κ1) is 12.5. The van der Waals surface area contributed by atoms with E-state index in [-0.39, 0.29) is 23.9 Å². The molecule has 0 radical (unpaired) electrons. The monoisotopic (exact) mass is 272 g/mol. The quantitative estimate of drug-likeness (QED) is 0.787. The summed E-state index contributed by atoms with van der Waals surface area (Å²) < 4.78 is 12.4. The Hall–Kier alpha value is -1.19. The van der Waals surface area contributed by atoms with Crippen LogP contribution in [0.5, 0.6) is 0 Å². The van der Waals surface area contributed by atoms with Crippen molar-refractivity contribution in [3.8, 4) is 0 Å². The lowest BCUT2D eigenvalue weighted by atomic mass is 9.93. The molecule has 3 aliphatic rings. The molecule has 0 aromatic heterocycles. The third-order valence-corrected chi connectivity index (χ3v) is 4.97. The van der Waals surface area contributed by atoms with Crippen molar-refractivity contribution in [1.29, 1.82) is 0 Å². The van der Waals surface area contributed by atoms with Gasteiger partial charge in [-0.3, -0.25) is 4.79 Å². The maximum Gasteiger partial charge on any atom is 0.169 e. The molecule has 2 saturated carbocycles. The van der Waals surface area contributed by atoms with Crippen LogP contribution in [0.4, 0.5) is 0 Å². The van der Waals surface area contributed by atoms with Gasteiger partial charge in [-0.15, -0.1) is 0 Å². The highest BCUT2D eigenvalue weighted by molar-refractivity contribution is 5.88. The standard InChI is InChI=1S/C17H20O3/c18-14-11-13(12-7-3-1-4-8-12)15-16(14)20-17(19-15)9-5-2-6-10-17/h1,3-4,7-8,13,15-16H,2,5-6,9-11H2/t13-,15-,16+/m1/s1. The number of carbonyl (C=O) groups excluding carboxylic acids is 1. The van der Waals surface area contributed by atoms with Gasteiger partial charge in [0, 0.05) is 25.2 Å². The van der Waals surface area contributed by atoms with E-state index in [0.717, 1.165) is 25.7 Å². The van der Waals surface area contributed by atoms with Crippen LogP contribution < -0.4 is 0 Å². The van der Waals surface area contributed by atoms with Gasteiger partial charge in [-0.05, 0) is 18.4 Å². The molecule has 20 heavy (non-hydrogen) atoms. The van der Waals surface area contributed by atoms with E-state index in [0.29, 0.717) is 6.42 Å². The summed E-state index contributed by atoms with van der Waals surface area (Å²) in [4.78, 5) is 12.3. The van der Waals surface area contributed by atoms with Crippen molar-refractivity contribution in [3.63, 3.8) is 0 Å².